The van der Waals surface area contributed by atoms with Crippen LogP contribution in [0.4, 0.5) is 10.2 Å². The average Bonchev–Trinajstić information content (AvgIpc) is 2.39. The van der Waals surface area contributed by atoms with Crippen molar-refractivity contribution < 1.29 is 9.18 Å². The molecule has 1 heterocycles. The Bertz CT molecular complexity index is 543. The molecule has 1 aromatic heterocycles. The third kappa shape index (κ3) is 2.91. The second-order valence-electron chi connectivity index (χ2n) is 3.97. The number of halogens is 1. The quantitative estimate of drug-likeness (QED) is 0.843. The number of carbonyl (C=O) groups is 1. The van der Waals surface area contributed by atoms with Crippen LogP contribution in [0.25, 0.3) is 0 Å². The van der Waals surface area contributed by atoms with Crippen LogP contribution in [0.5, 0.6) is 0 Å². The van der Waals surface area contributed by atoms with Gasteiger partial charge in [-0.25, -0.2) is 4.98 Å². The lowest BCUT2D eigenvalue weighted by Gasteiger charge is -2.11. The summed E-state index contributed by atoms with van der Waals surface area (Å²) in [5.41, 5.74) is 0.909. The molecule has 1 unspecified atom stereocenters. The first-order valence-corrected chi connectivity index (χ1v) is 5.65. The molecular formula is C14H13FN2O. The standard InChI is InChI=1S/C14H13FN2O/c1-10(11-6-3-2-4-7-11)14(18)17-13-9-5-8-12(15)16-13/h2-10H,1H3,(H,16,17,18). The fourth-order valence-electron chi connectivity index (χ4n) is 1.61. The Kier molecular flexibility index (Phi) is 3.67. The van der Waals surface area contributed by atoms with Crippen molar-refractivity contribution in [1.82, 2.24) is 4.98 Å². The van der Waals surface area contributed by atoms with E-state index < -0.39 is 5.95 Å². The summed E-state index contributed by atoms with van der Waals surface area (Å²) < 4.78 is 12.9. The smallest absolute Gasteiger partial charge is 0.232 e. The van der Waals surface area contributed by atoms with Gasteiger partial charge in [0.25, 0.3) is 0 Å². The molecule has 0 aliphatic heterocycles. The molecule has 1 amide bonds. The first-order chi connectivity index (χ1) is 8.66. The van der Waals surface area contributed by atoms with Crippen LogP contribution in [-0.2, 0) is 4.79 Å². The largest absolute Gasteiger partial charge is 0.310 e. The van der Waals surface area contributed by atoms with Gasteiger partial charge in [0.2, 0.25) is 11.9 Å². The summed E-state index contributed by atoms with van der Waals surface area (Å²) >= 11 is 0. The molecule has 0 aliphatic carbocycles. The van der Waals surface area contributed by atoms with Gasteiger partial charge in [-0.15, -0.1) is 0 Å². The molecule has 92 valence electrons. The van der Waals surface area contributed by atoms with Gasteiger partial charge in [0.15, 0.2) is 0 Å². The molecule has 1 N–H and O–H groups in total. The van der Waals surface area contributed by atoms with Crippen molar-refractivity contribution in [2.75, 3.05) is 5.32 Å². The molecule has 1 atom stereocenters. The van der Waals surface area contributed by atoms with E-state index in [2.05, 4.69) is 10.3 Å². The highest BCUT2D eigenvalue weighted by atomic mass is 19.1. The van der Waals surface area contributed by atoms with Gasteiger partial charge in [-0.2, -0.15) is 4.39 Å². The zero-order valence-corrected chi connectivity index (χ0v) is 9.93. The van der Waals surface area contributed by atoms with Crippen LogP contribution in [0.3, 0.4) is 0 Å². The molecule has 0 saturated carbocycles. The Balaban J connectivity index is 2.09. The van der Waals surface area contributed by atoms with Crippen molar-refractivity contribution in [3.8, 4) is 0 Å². The molecule has 4 heteroatoms. The van der Waals surface area contributed by atoms with Gasteiger partial charge in [-0.05, 0) is 24.6 Å². The summed E-state index contributed by atoms with van der Waals surface area (Å²) in [6, 6.07) is 13.7. The lowest BCUT2D eigenvalue weighted by molar-refractivity contribution is -0.117. The number of carbonyl (C=O) groups excluding carboxylic acids is 1. The lowest BCUT2D eigenvalue weighted by atomic mass is 10.0. The van der Waals surface area contributed by atoms with Gasteiger partial charge in [0.05, 0.1) is 5.92 Å². The summed E-state index contributed by atoms with van der Waals surface area (Å²) in [5, 5.41) is 2.59. The first kappa shape index (κ1) is 12.2. The zero-order valence-electron chi connectivity index (χ0n) is 9.93. The van der Waals surface area contributed by atoms with Crippen LogP contribution in [0.1, 0.15) is 18.4 Å². The number of benzene rings is 1. The van der Waals surface area contributed by atoms with Crippen molar-refractivity contribution in [3.63, 3.8) is 0 Å². The SMILES string of the molecule is CC(C(=O)Nc1cccc(F)n1)c1ccccc1. The number of rotatable bonds is 3. The fraction of sp³-hybridized carbons (Fsp3) is 0.143. The molecule has 3 nitrogen and oxygen atoms in total. The molecule has 2 aromatic rings. The minimum Gasteiger partial charge on any atom is -0.310 e. The van der Waals surface area contributed by atoms with E-state index in [9.17, 15) is 9.18 Å². The van der Waals surface area contributed by atoms with Crippen LogP contribution in [-0.4, -0.2) is 10.9 Å². The molecule has 0 spiro atoms. The second-order valence-corrected chi connectivity index (χ2v) is 3.97. The Morgan fingerprint density at radius 1 is 1.17 bits per heavy atom. The van der Waals surface area contributed by atoms with Gasteiger partial charge >= 0.3 is 0 Å². The van der Waals surface area contributed by atoms with Crippen LogP contribution >= 0.6 is 0 Å². The lowest BCUT2D eigenvalue weighted by Crippen LogP contribution is -2.19. The third-order valence-corrected chi connectivity index (χ3v) is 2.66. The highest BCUT2D eigenvalue weighted by molar-refractivity contribution is 5.94. The molecule has 1 aromatic carbocycles. The maximum atomic E-state index is 12.9. The molecule has 0 radical (unpaired) electrons. The number of anilines is 1. The van der Waals surface area contributed by atoms with E-state index in [0.717, 1.165) is 5.56 Å². The van der Waals surface area contributed by atoms with E-state index >= 15 is 0 Å². The predicted octanol–water partition coefficient (Wildman–Crippen LogP) is 2.96. The molecular weight excluding hydrogens is 231 g/mol. The van der Waals surface area contributed by atoms with Crippen molar-refractivity contribution in [2.24, 2.45) is 0 Å². The minimum absolute atomic E-state index is 0.209. The summed E-state index contributed by atoms with van der Waals surface area (Å²) in [6.07, 6.45) is 0. The normalized spacial score (nSPS) is 11.9. The molecule has 0 aliphatic rings. The summed E-state index contributed by atoms with van der Waals surface area (Å²) in [4.78, 5) is 15.5. The van der Waals surface area contributed by atoms with Gasteiger partial charge in [0, 0.05) is 0 Å². The predicted molar refractivity (Wildman–Crippen MR) is 67.7 cm³/mol. The highest BCUT2D eigenvalue weighted by Gasteiger charge is 2.15. The summed E-state index contributed by atoms with van der Waals surface area (Å²) in [5.74, 6) is -0.904. The van der Waals surface area contributed by atoms with E-state index in [-0.39, 0.29) is 17.6 Å². The number of amides is 1. The van der Waals surface area contributed by atoms with E-state index in [0.29, 0.717) is 0 Å². The van der Waals surface area contributed by atoms with Crippen molar-refractivity contribution in [3.05, 3.63) is 60.0 Å². The number of hydrogen-bond donors (Lipinski definition) is 1. The fourth-order valence-corrected chi connectivity index (χ4v) is 1.61. The van der Waals surface area contributed by atoms with Gasteiger partial charge < -0.3 is 5.32 Å². The van der Waals surface area contributed by atoms with Crippen LogP contribution < -0.4 is 5.32 Å². The topological polar surface area (TPSA) is 42.0 Å². The first-order valence-electron chi connectivity index (χ1n) is 5.65. The molecule has 18 heavy (non-hydrogen) atoms. The second kappa shape index (κ2) is 5.40. The Labute approximate surface area is 105 Å². The monoisotopic (exact) mass is 244 g/mol. The molecule has 0 fully saturated rings. The van der Waals surface area contributed by atoms with E-state index in [1.807, 2.05) is 30.3 Å². The van der Waals surface area contributed by atoms with E-state index in [4.69, 9.17) is 0 Å². The minimum atomic E-state index is -0.611. The highest BCUT2D eigenvalue weighted by Crippen LogP contribution is 2.16. The van der Waals surface area contributed by atoms with Crippen LogP contribution in [0.15, 0.2) is 48.5 Å². The Morgan fingerprint density at radius 2 is 1.89 bits per heavy atom. The Morgan fingerprint density at radius 3 is 2.56 bits per heavy atom. The van der Waals surface area contributed by atoms with Gasteiger partial charge in [0.1, 0.15) is 5.82 Å². The average molecular weight is 244 g/mol. The number of aromatic nitrogens is 1. The molecule has 0 saturated heterocycles. The molecule has 2 rings (SSSR count). The number of pyridine rings is 1. The maximum absolute atomic E-state index is 12.9. The maximum Gasteiger partial charge on any atom is 0.232 e. The third-order valence-electron chi connectivity index (χ3n) is 2.66. The molecule has 0 bridgehead atoms. The zero-order chi connectivity index (χ0) is 13.0. The van der Waals surface area contributed by atoms with Gasteiger partial charge in [-0.3, -0.25) is 4.79 Å². The number of hydrogen-bond acceptors (Lipinski definition) is 2. The summed E-state index contributed by atoms with van der Waals surface area (Å²) in [7, 11) is 0. The number of nitrogens with zero attached hydrogens (tertiary/aromatic N) is 1. The number of nitrogens with one attached hydrogen (secondary N) is 1. The van der Waals surface area contributed by atoms with Gasteiger partial charge in [-0.1, -0.05) is 36.4 Å². The van der Waals surface area contributed by atoms with Crippen molar-refractivity contribution in [2.45, 2.75) is 12.8 Å². The summed E-state index contributed by atoms with van der Waals surface area (Å²) in [6.45, 7) is 1.80. The van der Waals surface area contributed by atoms with E-state index in [1.165, 1.54) is 12.1 Å². The Hall–Kier alpha value is -2.23. The van der Waals surface area contributed by atoms with Crippen LogP contribution in [0, 0.1) is 5.95 Å². The van der Waals surface area contributed by atoms with Crippen molar-refractivity contribution in [1.29, 1.82) is 0 Å². The van der Waals surface area contributed by atoms with Crippen molar-refractivity contribution >= 4 is 11.7 Å². The van der Waals surface area contributed by atoms with Crippen LogP contribution in [0.2, 0.25) is 0 Å². The van der Waals surface area contributed by atoms with E-state index in [1.54, 1.807) is 13.0 Å².